The summed E-state index contributed by atoms with van der Waals surface area (Å²) in [6.45, 7) is 10.4. The summed E-state index contributed by atoms with van der Waals surface area (Å²) >= 11 is 12.5. The molecule has 0 aromatic heterocycles. The third-order valence-electron chi connectivity index (χ3n) is 7.99. The summed E-state index contributed by atoms with van der Waals surface area (Å²) in [4.78, 5) is 30.2. The summed E-state index contributed by atoms with van der Waals surface area (Å²) in [5.74, 6) is -2.45. The van der Waals surface area contributed by atoms with Crippen LogP contribution in [0.5, 0.6) is 0 Å². The van der Waals surface area contributed by atoms with Gasteiger partial charge in [-0.1, -0.05) is 68.2 Å². The molecule has 0 saturated carbocycles. The zero-order chi connectivity index (χ0) is 27.9. The molecule has 6 nitrogen and oxygen atoms in total. The monoisotopic (exact) mass is 573 g/mol. The van der Waals surface area contributed by atoms with Crippen molar-refractivity contribution in [3.05, 3.63) is 75.0 Å². The minimum absolute atomic E-state index is 0.0521. The van der Waals surface area contributed by atoms with Crippen molar-refractivity contribution >= 4 is 40.7 Å². The van der Waals surface area contributed by atoms with E-state index in [0.717, 1.165) is 13.1 Å². The molecule has 1 fully saturated rings. The average molecular weight is 575 g/mol. The van der Waals surface area contributed by atoms with Gasteiger partial charge in [0.05, 0.1) is 23.7 Å². The Hall–Kier alpha value is -2.45. The first-order valence-corrected chi connectivity index (χ1v) is 14.1. The number of carbonyl (C=O) groups is 2. The maximum atomic E-state index is 15.8. The third kappa shape index (κ3) is 5.22. The van der Waals surface area contributed by atoms with Crippen molar-refractivity contribution in [2.45, 2.75) is 38.5 Å². The Morgan fingerprint density at radius 2 is 1.95 bits per heavy atom. The molecule has 3 aliphatic rings. The van der Waals surface area contributed by atoms with Gasteiger partial charge in [0.25, 0.3) is 0 Å². The largest absolute Gasteiger partial charge is 0.379 e. The van der Waals surface area contributed by atoms with Gasteiger partial charge in [-0.2, -0.15) is 0 Å². The molecular formula is C30H34Cl2FN3O3. The van der Waals surface area contributed by atoms with Crippen molar-refractivity contribution in [3.8, 4) is 0 Å². The van der Waals surface area contributed by atoms with E-state index in [-0.39, 0.29) is 33.7 Å². The fourth-order valence-corrected chi connectivity index (χ4v) is 6.74. The molecule has 0 radical (unpaired) electrons. The van der Waals surface area contributed by atoms with Gasteiger partial charge < -0.3 is 15.4 Å². The van der Waals surface area contributed by atoms with Crippen molar-refractivity contribution in [1.29, 1.82) is 0 Å². The summed E-state index contributed by atoms with van der Waals surface area (Å²) in [5.41, 5.74) is 0.486. The number of rotatable bonds is 6. The Kier molecular flexibility index (Phi) is 7.81. The maximum absolute atomic E-state index is 15.8. The first kappa shape index (κ1) is 28.1. The number of allylic oxidation sites excluding steroid dienone is 1. The van der Waals surface area contributed by atoms with Crippen LogP contribution in [-0.4, -0.2) is 56.1 Å². The second-order valence-corrected chi connectivity index (χ2v) is 12.6. The fourth-order valence-electron chi connectivity index (χ4n) is 6.38. The third-order valence-corrected chi connectivity index (χ3v) is 8.51. The number of benzene rings is 2. The molecule has 2 aromatic carbocycles. The van der Waals surface area contributed by atoms with Gasteiger partial charge in [-0.25, -0.2) is 4.39 Å². The zero-order valence-electron chi connectivity index (χ0n) is 22.5. The number of amides is 2. The number of morpholine rings is 1. The molecule has 5 rings (SSSR count). The van der Waals surface area contributed by atoms with Crippen LogP contribution in [0, 0.1) is 17.2 Å². The van der Waals surface area contributed by atoms with Crippen LogP contribution in [0.2, 0.25) is 10.0 Å². The molecule has 1 spiro atoms. The Morgan fingerprint density at radius 1 is 1.21 bits per heavy atom. The van der Waals surface area contributed by atoms with E-state index in [1.54, 1.807) is 24.3 Å². The second-order valence-electron chi connectivity index (χ2n) is 11.8. The van der Waals surface area contributed by atoms with Crippen LogP contribution in [0.4, 0.5) is 10.1 Å². The van der Waals surface area contributed by atoms with Gasteiger partial charge in [-0.05, 0) is 47.1 Å². The smallest absolute Gasteiger partial charge is 0.247 e. The molecule has 39 heavy (non-hydrogen) atoms. The summed E-state index contributed by atoms with van der Waals surface area (Å²) in [7, 11) is 0. The van der Waals surface area contributed by atoms with Gasteiger partial charge in [0.2, 0.25) is 11.8 Å². The van der Waals surface area contributed by atoms with Crippen molar-refractivity contribution in [3.63, 3.8) is 0 Å². The normalized spacial score (nSPS) is 25.0. The van der Waals surface area contributed by atoms with Gasteiger partial charge >= 0.3 is 0 Å². The van der Waals surface area contributed by atoms with Gasteiger partial charge in [0.1, 0.15) is 5.82 Å². The van der Waals surface area contributed by atoms with E-state index in [1.165, 1.54) is 6.07 Å². The lowest BCUT2D eigenvalue weighted by Gasteiger charge is -2.39. The van der Waals surface area contributed by atoms with Crippen LogP contribution in [0.25, 0.3) is 0 Å². The highest BCUT2D eigenvalue weighted by molar-refractivity contribution is 6.31. The number of ether oxygens (including phenoxy) is 1. The zero-order valence-corrected chi connectivity index (χ0v) is 24.0. The summed E-state index contributed by atoms with van der Waals surface area (Å²) in [6.07, 6.45) is 2.50. The molecule has 0 unspecified atom stereocenters. The second kappa shape index (κ2) is 10.8. The quantitative estimate of drug-likeness (QED) is 0.475. The Labute approximate surface area is 238 Å². The highest BCUT2D eigenvalue weighted by atomic mass is 35.5. The number of anilines is 1. The van der Waals surface area contributed by atoms with Crippen LogP contribution in [-0.2, 0) is 19.7 Å². The van der Waals surface area contributed by atoms with E-state index in [0.29, 0.717) is 54.6 Å². The first-order chi connectivity index (χ1) is 18.5. The molecule has 9 heteroatoms. The average Bonchev–Trinajstić information content (AvgIpc) is 3.35. The number of halogens is 3. The molecule has 2 amide bonds. The minimum Gasteiger partial charge on any atom is -0.379 e. The molecule has 2 N–H and O–H groups in total. The maximum Gasteiger partial charge on any atom is 0.247 e. The predicted molar refractivity (Wildman–Crippen MR) is 152 cm³/mol. The highest BCUT2D eigenvalue weighted by Crippen LogP contribution is 2.61. The van der Waals surface area contributed by atoms with Crippen LogP contribution in [0.1, 0.15) is 44.2 Å². The lowest BCUT2D eigenvalue weighted by Crippen LogP contribution is -2.46. The van der Waals surface area contributed by atoms with E-state index in [9.17, 15) is 9.59 Å². The van der Waals surface area contributed by atoms with Crippen LogP contribution < -0.4 is 10.6 Å². The van der Waals surface area contributed by atoms with Crippen LogP contribution in [0.3, 0.4) is 0 Å². The Balaban J connectivity index is 1.61. The number of hydrogen-bond donors (Lipinski definition) is 2. The van der Waals surface area contributed by atoms with E-state index >= 15 is 4.39 Å². The van der Waals surface area contributed by atoms with Crippen molar-refractivity contribution < 1.29 is 18.7 Å². The van der Waals surface area contributed by atoms with E-state index in [4.69, 9.17) is 27.9 Å². The molecule has 208 valence electrons. The molecule has 0 bridgehead atoms. The summed E-state index contributed by atoms with van der Waals surface area (Å²) in [5, 5.41) is 6.48. The van der Waals surface area contributed by atoms with E-state index in [1.807, 2.05) is 12.1 Å². The van der Waals surface area contributed by atoms with Gasteiger partial charge in [0, 0.05) is 48.4 Å². The lowest BCUT2D eigenvalue weighted by atomic mass is 9.61. The minimum atomic E-state index is -1.24. The number of nitrogens with zero attached hydrogens (tertiary/aromatic N) is 1. The Morgan fingerprint density at radius 3 is 2.67 bits per heavy atom. The standard InChI is InChI=1S/C30H34Cl2FN3O3/c1-29(2,3)17-18-15-21(27(37)34-9-10-36-11-13-39-14-12-36)25(20-5-4-6-23(32)26(20)33)30(18)22-8-7-19(31)16-24(22)35-28(30)38/h4-8,15-16,18,25H,9-14,17H2,1-3H3,(H,34,37)(H,35,38)/t18-,25+,30-/m1/s1. The molecule has 1 aliphatic carbocycles. The van der Waals surface area contributed by atoms with Crippen molar-refractivity contribution in [2.24, 2.45) is 11.3 Å². The molecule has 2 heterocycles. The molecule has 2 aromatic rings. The molecule has 1 saturated heterocycles. The lowest BCUT2D eigenvalue weighted by molar-refractivity contribution is -0.123. The fraction of sp³-hybridized carbons (Fsp3) is 0.467. The SMILES string of the molecule is CC(C)(C)C[C@H]1C=C(C(=O)NCCN2CCOCC2)[C@H](c2cccc(Cl)c2F)[C@@]12C(=O)Nc1cc(Cl)ccc12. The number of carbonyl (C=O) groups excluding carboxylic acids is 2. The Bertz CT molecular complexity index is 1320. The predicted octanol–water partition coefficient (Wildman–Crippen LogP) is 5.55. The molecule has 3 atom stereocenters. The van der Waals surface area contributed by atoms with Crippen molar-refractivity contribution in [1.82, 2.24) is 10.2 Å². The van der Waals surface area contributed by atoms with Gasteiger partial charge in [0.15, 0.2) is 0 Å². The number of fused-ring (bicyclic) bond motifs is 2. The number of nitrogens with one attached hydrogen (secondary N) is 2. The van der Waals surface area contributed by atoms with Crippen molar-refractivity contribution in [2.75, 3.05) is 44.7 Å². The van der Waals surface area contributed by atoms with Crippen LogP contribution >= 0.6 is 23.2 Å². The molecular weight excluding hydrogens is 540 g/mol. The van der Waals surface area contributed by atoms with E-state index in [2.05, 4.69) is 36.3 Å². The number of hydrogen-bond acceptors (Lipinski definition) is 4. The summed E-state index contributed by atoms with van der Waals surface area (Å²) in [6, 6.07) is 10.0. The van der Waals surface area contributed by atoms with Gasteiger partial charge in [-0.3, -0.25) is 14.5 Å². The first-order valence-electron chi connectivity index (χ1n) is 13.4. The van der Waals surface area contributed by atoms with E-state index < -0.39 is 17.2 Å². The summed E-state index contributed by atoms with van der Waals surface area (Å²) < 4.78 is 21.2. The highest BCUT2D eigenvalue weighted by Gasteiger charge is 2.62. The van der Waals surface area contributed by atoms with Gasteiger partial charge in [-0.15, -0.1) is 0 Å². The van der Waals surface area contributed by atoms with Crippen LogP contribution in [0.15, 0.2) is 48.0 Å². The topological polar surface area (TPSA) is 70.7 Å². The molecule has 2 aliphatic heterocycles.